The molecule has 20 heavy (non-hydrogen) atoms. The van der Waals surface area contributed by atoms with Gasteiger partial charge in [-0.15, -0.1) is 5.10 Å². The molecular weight excluding hydrogens is 341 g/mol. The molecule has 0 aliphatic heterocycles. The van der Waals surface area contributed by atoms with Gasteiger partial charge < -0.3 is 5.32 Å². The first kappa shape index (κ1) is 14.5. The second-order valence-corrected chi connectivity index (χ2v) is 4.80. The number of nitrogens with one attached hydrogen (secondary N) is 2. The first-order valence-electron chi connectivity index (χ1n) is 5.34. The topological polar surface area (TPSA) is 70.7 Å². The van der Waals surface area contributed by atoms with Crippen molar-refractivity contribution in [1.82, 2.24) is 15.2 Å². The lowest BCUT2D eigenvalue weighted by Gasteiger charge is -2.13. The molecular formula is C11H8BrF3N4O. The lowest BCUT2D eigenvalue weighted by molar-refractivity contribution is -0.136. The van der Waals surface area contributed by atoms with E-state index in [4.69, 9.17) is 0 Å². The SMILES string of the molecule is Cc1nc(C(=O)Nc2ccc(Br)cc2C(F)(F)F)n[nH]1. The standard InChI is InChI=1S/C11H8BrF3N4O/c1-5-16-9(19-18-5)10(20)17-8-3-2-6(12)4-7(8)11(13,14)15/h2-4H,1H3,(H,17,20)(H,16,18,19). The summed E-state index contributed by atoms with van der Waals surface area (Å²) in [5, 5.41) is 8.17. The van der Waals surface area contributed by atoms with E-state index < -0.39 is 17.6 Å². The summed E-state index contributed by atoms with van der Waals surface area (Å²) in [5.74, 6) is -0.650. The summed E-state index contributed by atoms with van der Waals surface area (Å²) in [5.41, 5.74) is -1.30. The second-order valence-electron chi connectivity index (χ2n) is 3.89. The molecule has 2 aromatic rings. The maximum Gasteiger partial charge on any atom is 0.418 e. The van der Waals surface area contributed by atoms with Crippen molar-refractivity contribution < 1.29 is 18.0 Å². The van der Waals surface area contributed by atoms with Gasteiger partial charge in [-0.2, -0.15) is 13.2 Å². The van der Waals surface area contributed by atoms with Gasteiger partial charge in [-0.25, -0.2) is 4.98 Å². The van der Waals surface area contributed by atoms with Crippen molar-refractivity contribution in [2.24, 2.45) is 0 Å². The number of halogens is 4. The summed E-state index contributed by atoms with van der Waals surface area (Å²) >= 11 is 2.96. The van der Waals surface area contributed by atoms with E-state index in [2.05, 4.69) is 36.4 Å². The number of aromatic nitrogens is 3. The molecule has 0 saturated carbocycles. The summed E-state index contributed by atoms with van der Waals surface area (Å²) in [6.45, 7) is 1.57. The number of benzene rings is 1. The smallest absolute Gasteiger partial charge is 0.319 e. The van der Waals surface area contributed by atoms with E-state index in [9.17, 15) is 18.0 Å². The maximum absolute atomic E-state index is 12.9. The van der Waals surface area contributed by atoms with Crippen LogP contribution in [0.5, 0.6) is 0 Å². The molecule has 0 unspecified atom stereocenters. The number of anilines is 1. The van der Waals surface area contributed by atoms with Gasteiger partial charge in [0.05, 0.1) is 11.3 Å². The Morgan fingerprint density at radius 1 is 1.40 bits per heavy atom. The highest BCUT2D eigenvalue weighted by Crippen LogP contribution is 2.36. The van der Waals surface area contributed by atoms with Crippen molar-refractivity contribution in [2.75, 3.05) is 5.32 Å². The van der Waals surface area contributed by atoms with Gasteiger partial charge in [0.1, 0.15) is 5.82 Å². The van der Waals surface area contributed by atoms with Crippen LogP contribution in [0.4, 0.5) is 18.9 Å². The molecule has 0 atom stereocenters. The van der Waals surface area contributed by atoms with Crippen molar-refractivity contribution in [3.8, 4) is 0 Å². The molecule has 0 aliphatic carbocycles. The average molecular weight is 349 g/mol. The summed E-state index contributed by atoms with van der Waals surface area (Å²) < 4.78 is 38.9. The van der Waals surface area contributed by atoms with Crippen LogP contribution in [0.2, 0.25) is 0 Å². The number of hydrogen-bond acceptors (Lipinski definition) is 3. The molecule has 0 bridgehead atoms. The first-order chi connectivity index (χ1) is 9.27. The molecule has 0 spiro atoms. The van der Waals surface area contributed by atoms with E-state index >= 15 is 0 Å². The number of aromatic amines is 1. The van der Waals surface area contributed by atoms with Crippen LogP contribution in [0.3, 0.4) is 0 Å². The molecule has 106 valence electrons. The van der Waals surface area contributed by atoms with Crippen molar-refractivity contribution in [2.45, 2.75) is 13.1 Å². The fraction of sp³-hybridized carbons (Fsp3) is 0.182. The Balaban J connectivity index is 2.32. The Labute approximate surface area is 119 Å². The van der Waals surface area contributed by atoms with Crippen LogP contribution in [0, 0.1) is 6.92 Å². The number of aryl methyl sites for hydroxylation is 1. The molecule has 0 fully saturated rings. The average Bonchev–Trinajstić information content (AvgIpc) is 2.77. The van der Waals surface area contributed by atoms with Gasteiger partial charge in [0.2, 0.25) is 5.82 Å². The Bertz CT molecular complexity index is 653. The van der Waals surface area contributed by atoms with Gasteiger partial charge in [0, 0.05) is 4.47 Å². The summed E-state index contributed by atoms with van der Waals surface area (Å²) in [4.78, 5) is 15.5. The summed E-state index contributed by atoms with van der Waals surface area (Å²) in [6, 6.07) is 3.44. The van der Waals surface area contributed by atoms with Crippen molar-refractivity contribution in [3.63, 3.8) is 0 Å². The highest BCUT2D eigenvalue weighted by Gasteiger charge is 2.34. The minimum Gasteiger partial charge on any atom is -0.319 e. The normalized spacial score (nSPS) is 11.4. The van der Waals surface area contributed by atoms with Gasteiger partial charge in [-0.3, -0.25) is 9.89 Å². The third kappa shape index (κ3) is 3.16. The van der Waals surface area contributed by atoms with Crippen molar-refractivity contribution in [1.29, 1.82) is 0 Å². The Kier molecular flexibility index (Phi) is 3.80. The lowest BCUT2D eigenvalue weighted by Crippen LogP contribution is -2.18. The minimum atomic E-state index is -4.58. The lowest BCUT2D eigenvalue weighted by atomic mass is 10.1. The number of carbonyl (C=O) groups excluding carboxylic acids is 1. The number of amides is 1. The molecule has 5 nitrogen and oxygen atoms in total. The quantitative estimate of drug-likeness (QED) is 0.875. The van der Waals surface area contributed by atoms with E-state index in [1.807, 2.05) is 0 Å². The van der Waals surface area contributed by atoms with Gasteiger partial charge in [-0.1, -0.05) is 15.9 Å². The number of rotatable bonds is 2. The van der Waals surface area contributed by atoms with Crippen LogP contribution in [-0.2, 0) is 6.18 Å². The fourth-order valence-electron chi connectivity index (χ4n) is 1.48. The Morgan fingerprint density at radius 3 is 2.65 bits per heavy atom. The van der Waals surface area contributed by atoms with E-state index in [-0.39, 0.29) is 16.0 Å². The number of alkyl halides is 3. The zero-order valence-electron chi connectivity index (χ0n) is 10.0. The molecule has 1 aromatic heterocycles. The van der Waals surface area contributed by atoms with Crippen LogP contribution in [0.25, 0.3) is 0 Å². The van der Waals surface area contributed by atoms with Crippen molar-refractivity contribution in [3.05, 3.63) is 39.9 Å². The van der Waals surface area contributed by atoms with Crippen molar-refractivity contribution >= 4 is 27.5 Å². The van der Waals surface area contributed by atoms with Gasteiger partial charge >= 0.3 is 6.18 Å². The Morgan fingerprint density at radius 2 is 2.10 bits per heavy atom. The van der Waals surface area contributed by atoms with E-state index in [1.165, 1.54) is 6.07 Å². The molecule has 9 heteroatoms. The highest BCUT2D eigenvalue weighted by molar-refractivity contribution is 9.10. The molecule has 1 amide bonds. The molecule has 2 N–H and O–H groups in total. The molecule has 1 heterocycles. The number of nitrogens with zero attached hydrogens (tertiary/aromatic N) is 2. The molecule has 0 saturated heterocycles. The monoisotopic (exact) mass is 348 g/mol. The second kappa shape index (κ2) is 5.23. The summed E-state index contributed by atoms with van der Waals surface area (Å²) in [6.07, 6.45) is -4.58. The first-order valence-corrected chi connectivity index (χ1v) is 6.14. The summed E-state index contributed by atoms with van der Waals surface area (Å²) in [7, 11) is 0. The van der Waals surface area contributed by atoms with Crippen LogP contribution < -0.4 is 5.32 Å². The van der Waals surface area contributed by atoms with Gasteiger partial charge in [0.15, 0.2) is 0 Å². The number of carbonyl (C=O) groups is 1. The van der Waals surface area contributed by atoms with E-state index in [1.54, 1.807) is 6.92 Å². The van der Waals surface area contributed by atoms with Crippen LogP contribution in [0.15, 0.2) is 22.7 Å². The predicted octanol–water partition coefficient (Wildman–Crippen LogP) is 3.15. The van der Waals surface area contributed by atoms with Crippen LogP contribution in [-0.4, -0.2) is 21.1 Å². The van der Waals surface area contributed by atoms with Crippen LogP contribution >= 0.6 is 15.9 Å². The van der Waals surface area contributed by atoms with Gasteiger partial charge in [-0.05, 0) is 25.1 Å². The molecule has 2 rings (SSSR count). The zero-order chi connectivity index (χ0) is 14.9. The fourth-order valence-corrected chi connectivity index (χ4v) is 1.84. The highest BCUT2D eigenvalue weighted by atomic mass is 79.9. The molecule has 1 aromatic carbocycles. The third-order valence-electron chi connectivity index (χ3n) is 2.34. The zero-order valence-corrected chi connectivity index (χ0v) is 11.6. The third-order valence-corrected chi connectivity index (χ3v) is 2.83. The van der Waals surface area contributed by atoms with E-state index in [0.717, 1.165) is 12.1 Å². The molecule has 0 aliphatic rings. The van der Waals surface area contributed by atoms with Crippen LogP contribution in [0.1, 0.15) is 22.0 Å². The largest absolute Gasteiger partial charge is 0.418 e. The number of H-pyrrole nitrogens is 1. The predicted molar refractivity (Wildman–Crippen MR) is 68.2 cm³/mol. The molecule has 0 radical (unpaired) electrons. The number of hydrogen-bond donors (Lipinski definition) is 2. The maximum atomic E-state index is 12.9. The minimum absolute atomic E-state index is 0.224. The Hall–Kier alpha value is -1.90. The van der Waals surface area contributed by atoms with Gasteiger partial charge in [0.25, 0.3) is 5.91 Å². The van der Waals surface area contributed by atoms with E-state index in [0.29, 0.717) is 5.82 Å².